The third kappa shape index (κ3) is 4.93. The van der Waals surface area contributed by atoms with Gasteiger partial charge in [-0.25, -0.2) is 0 Å². The van der Waals surface area contributed by atoms with E-state index in [-0.39, 0.29) is 10.8 Å². The van der Waals surface area contributed by atoms with Gasteiger partial charge in [0.25, 0.3) is 0 Å². The standard InChI is InChI=1S/C24H38N2O/c1-23(2,3)21-9-7-19(8-10-21)20-16-25(17-20)15-18-11-13-26(14-12-18)22(27)24(4,5)6/h7-10,18,20H,11-17H2,1-6H3. The maximum Gasteiger partial charge on any atom is 0.227 e. The van der Waals surface area contributed by atoms with Gasteiger partial charge in [0, 0.05) is 44.1 Å². The highest BCUT2D eigenvalue weighted by Gasteiger charge is 2.33. The second-order valence-corrected chi connectivity index (χ2v) is 10.8. The minimum absolute atomic E-state index is 0.230. The number of amides is 1. The van der Waals surface area contributed by atoms with Gasteiger partial charge in [0.05, 0.1) is 0 Å². The van der Waals surface area contributed by atoms with Crippen molar-refractivity contribution in [2.75, 3.05) is 32.7 Å². The summed E-state index contributed by atoms with van der Waals surface area (Å²) < 4.78 is 0. The van der Waals surface area contributed by atoms with E-state index in [1.165, 1.54) is 30.8 Å². The summed E-state index contributed by atoms with van der Waals surface area (Å²) in [5.74, 6) is 1.75. The van der Waals surface area contributed by atoms with Crippen LogP contribution in [0.2, 0.25) is 0 Å². The maximum absolute atomic E-state index is 12.4. The molecule has 150 valence electrons. The van der Waals surface area contributed by atoms with Crippen LogP contribution in [0, 0.1) is 11.3 Å². The third-order valence-electron chi connectivity index (χ3n) is 6.27. The van der Waals surface area contributed by atoms with Crippen molar-refractivity contribution in [1.29, 1.82) is 0 Å². The van der Waals surface area contributed by atoms with E-state index in [1.54, 1.807) is 0 Å². The number of hydrogen-bond acceptors (Lipinski definition) is 2. The van der Waals surface area contributed by atoms with E-state index >= 15 is 0 Å². The zero-order chi connectivity index (χ0) is 19.8. The van der Waals surface area contributed by atoms with Gasteiger partial charge < -0.3 is 9.80 Å². The second-order valence-electron chi connectivity index (χ2n) is 10.8. The van der Waals surface area contributed by atoms with E-state index in [4.69, 9.17) is 0 Å². The highest BCUT2D eigenvalue weighted by Crippen LogP contribution is 2.32. The first kappa shape index (κ1) is 20.4. The topological polar surface area (TPSA) is 23.6 Å². The van der Waals surface area contributed by atoms with Crippen LogP contribution in [0.15, 0.2) is 24.3 Å². The van der Waals surface area contributed by atoms with Crippen molar-refractivity contribution >= 4 is 5.91 Å². The lowest BCUT2D eigenvalue weighted by molar-refractivity contribution is -0.141. The molecule has 2 fully saturated rings. The van der Waals surface area contributed by atoms with Gasteiger partial charge >= 0.3 is 0 Å². The van der Waals surface area contributed by atoms with E-state index in [9.17, 15) is 4.79 Å². The summed E-state index contributed by atoms with van der Waals surface area (Å²) in [7, 11) is 0. The lowest BCUT2D eigenvalue weighted by atomic mass is 9.84. The third-order valence-corrected chi connectivity index (χ3v) is 6.27. The van der Waals surface area contributed by atoms with Gasteiger partial charge in [-0.1, -0.05) is 65.8 Å². The zero-order valence-electron chi connectivity index (χ0n) is 18.2. The smallest absolute Gasteiger partial charge is 0.227 e. The number of rotatable bonds is 3. The van der Waals surface area contributed by atoms with Gasteiger partial charge in [0.1, 0.15) is 0 Å². The summed E-state index contributed by atoms with van der Waals surface area (Å²) in [6.07, 6.45) is 2.31. The molecule has 1 aromatic carbocycles. The van der Waals surface area contributed by atoms with E-state index in [0.29, 0.717) is 11.8 Å². The summed E-state index contributed by atoms with van der Waals surface area (Å²) in [5.41, 5.74) is 2.89. The molecular weight excluding hydrogens is 332 g/mol. The molecule has 0 bridgehead atoms. The van der Waals surface area contributed by atoms with Gasteiger partial charge in [-0.15, -0.1) is 0 Å². The van der Waals surface area contributed by atoms with E-state index in [1.807, 2.05) is 20.8 Å². The summed E-state index contributed by atoms with van der Waals surface area (Å²) in [4.78, 5) is 17.1. The van der Waals surface area contributed by atoms with Crippen LogP contribution in [0.1, 0.15) is 71.4 Å². The van der Waals surface area contributed by atoms with Crippen LogP contribution in [0.3, 0.4) is 0 Å². The molecular formula is C24H38N2O. The average Bonchev–Trinajstić information content (AvgIpc) is 2.56. The summed E-state index contributed by atoms with van der Waals surface area (Å²) in [6, 6.07) is 9.28. The molecule has 0 N–H and O–H groups in total. The molecule has 2 heterocycles. The monoisotopic (exact) mass is 370 g/mol. The van der Waals surface area contributed by atoms with Crippen molar-refractivity contribution in [3.8, 4) is 0 Å². The molecule has 27 heavy (non-hydrogen) atoms. The molecule has 0 radical (unpaired) electrons. The molecule has 1 amide bonds. The molecule has 2 aliphatic rings. The summed E-state index contributed by atoms with van der Waals surface area (Å²) >= 11 is 0. The Balaban J connectivity index is 1.42. The fourth-order valence-corrected chi connectivity index (χ4v) is 4.34. The SMILES string of the molecule is CC(C)(C)C(=O)N1CCC(CN2CC(c3ccc(C(C)(C)C)cc3)C2)CC1. The Bertz CT molecular complexity index is 636. The first-order chi connectivity index (χ1) is 12.5. The predicted molar refractivity (Wildman–Crippen MR) is 113 cm³/mol. The Morgan fingerprint density at radius 1 is 0.963 bits per heavy atom. The average molecular weight is 371 g/mol. The van der Waals surface area contributed by atoms with Gasteiger partial charge in [0.2, 0.25) is 5.91 Å². The summed E-state index contributed by atoms with van der Waals surface area (Å²) in [6.45, 7) is 18.3. The fraction of sp³-hybridized carbons (Fsp3) is 0.708. The van der Waals surface area contributed by atoms with Gasteiger partial charge in [0.15, 0.2) is 0 Å². The molecule has 2 saturated heterocycles. The zero-order valence-corrected chi connectivity index (χ0v) is 18.2. The van der Waals surface area contributed by atoms with Crippen LogP contribution in [0.5, 0.6) is 0 Å². The number of carbonyl (C=O) groups is 1. The van der Waals surface area contributed by atoms with Crippen LogP contribution in [0.4, 0.5) is 0 Å². The van der Waals surface area contributed by atoms with Crippen LogP contribution in [-0.2, 0) is 10.2 Å². The molecule has 1 aromatic rings. The Labute approximate surface area is 166 Å². The Morgan fingerprint density at radius 3 is 2.00 bits per heavy atom. The lowest BCUT2D eigenvalue weighted by Gasteiger charge is -2.43. The fourth-order valence-electron chi connectivity index (χ4n) is 4.34. The van der Waals surface area contributed by atoms with Gasteiger partial charge in [-0.3, -0.25) is 4.79 Å². The molecule has 0 saturated carbocycles. The number of hydrogen-bond donors (Lipinski definition) is 0. The molecule has 0 aliphatic carbocycles. The Hall–Kier alpha value is -1.35. The minimum Gasteiger partial charge on any atom is -0.342 e. The van der Waals surface area contributed by atoms with Crippen LogP contribution in [0.25, 0.3) is 0 Å². The maximum atomic E-state index is 12.4. The van der Waals surface area contributed by atoms with Crippen molar-refractivity contribution in [2.24, 2.45) is 11.3 Å². The normalized spacial score (nSPS) is 20.6. The van der Waals surface area contributed by atoms with Crippen molar-refractivity contribution in [2.45, 2.75) is 65.7 Å². The molecule has 2 aliphatic heterocycles. The van der Waals surface area contributed by atoms with E-state index in [0.717, 1.165) is 31.8 Å². The molecule has 3 heteroatoms. The highest BCUT2D eigenvalue weighted by molar-refractivity contribution is 5.81. The number of nitrogens with zero attached hydrogens (tertiary/aromatic N) is 2. The van der Waals surface area contributed by atoms with Crippen molar-refractivity contribution in [3.05, 3.63) is 35.4 Å². The minimum atomic E-state index is -0.250. The molecule has 0 aromatic heterocycles. The molecule has 0 spiro atoms. The molecule has 0 unspecified atom stereocenters. The van der Waals surface area contributed by atoms with Gasteiger partial charge in [-0.2, -0.15) is 0 Å². The van der Waals surface area contributed by atoms with Crippen molar-refractivity contribution in [1.82, 2.24) is 9.80 Å². The first-order valence-corrected chi connectivity index (χ1v) is 10.7. The second kappa shape index (κ2) is 7.58. The van der Waals surface area contributed by atoms with E-state index < -0.39 is 0 Å². The van der Waals surface area contributed by atoms with Crippen molar-refractivity contribution in [3.63, 3.8) is 0 Å². The predicted octanol–water partition coefficient (Wildman–Crippen LogP) is 4.67. The number of piperidine rings is 1. The first-order valence-electron chi connectivity index (χ1n) is 10.7. The molecule has 0 atom stereocenters. The number of likely N-dealkylation sites (tertiary alicyclic amines) is 2. The number of carbonyl (C=O) groups excluding carboxylic acids is 1. The van der Waals surface area contributed by atoms with Crippen molar-refractivity contribution < 1.29 is 4.79 Å². The quantitative estimate of drug-likeness (QED) is 0.772. The highest BCUT2D eigenvalue weighted by atomic mass is 16.2. The van der Waals surface area contributed by atoms with Crippen LogP contribution >= 0.6 is 0 Å². The number of benzene rings is 1. The summed E-state index contributed by atoms with van der Waals surface area (Å²) in [5, 5.41) is 0. The molecule has 3 nitrogen and oxygen atoms in total. The Kier molecular flexibility index (Phi) is 5.72. The largest absolute Gasteiger partial charge is 0.342 e. The lowest BCUT2D eigenvalue weighted by Crippen LogP contribution is -2.50. The molecule has 3 rings (SSSR count). The van der Waals surface area contributed by atoms with Crippen LogP contribution < -0.4 is 0 Å². The van der Waals surface area contributed by atoms with Crippen LogP contribution in [-0.4, -0.2) is 48.4 Å². The van der Waals surface area contributed by atoms with E-state index in [2.05, 4.69) is 54.8 Å². The Morgan fingerprint density at radius 2 is 1.52 bits per heavy atom. The van der Waals surface area contributed by atoms with Gasteiger partial charge in [-0.05, 0) is 35.3 Å².